The van der Waals surface area contributed by atoms with Crippen molar-refractivity contribution in [3.8, 4) is 0 Å². The molecule has 16 heavy (non-hydrogen) atoms. The lowest BCUT2D eigenvalue weighted by atomic mass is 10.1. The first-order chi connectivity index (χ1) is 7.68. The monoisotopic (exact) mass is 229 g/mol. The number of hydrogen-bond donors (Lipinski definition) is 3. The molecule has 1 rings (SSSR count). The summed E-state index contributed by atoms with van der Waals surface area (Å²) >= 11 is 0. The topological polar surface area (TPSA) is 79.5 Å². The van der Waals surface area contributed by atoms with Crippen molar-refractivity contribution in [1.29, 1.82) is 0 Å². The highest BCUT2D eigenvalue weighted by Crippen LogP contribution is 2.05. The fourth-order valence-corrected chi connectivity index (χ4v) is 1.49. The molecule has 6 heteroatoms. The highest BCUT2D eigenvalue weighted by Gasteiger charge is 2.15. The van der Waals surface area contributed by atoms with Crippen molar-refractivity contribution in [2.45, 2.75) is 25.8 Å². The van der Waals surface area contributed by atoms with E-state index in [1.165, 1.54) is 6.92 Å². The van der Waals surface area contributed by atoms with Gasteiger partial charge in [0.2, 0.25) is 5.91 Å². The van der Waals surface area contributed by atoms with Crippen molar-refractivity contribution >= 4 is 11.9 Å². The van der Waals surface area contributed by atoms with Gasteiger partial charge in [0.1, 0.15) is 0 Å². The van der Waals surface area contributed by atoms with Crippen molar-refractivity contribution in [3.05, 3.63) is 0 Å². The Morgan fingerprint density at radius 2 is 1.81 bits per heavy atom. The van der Waals surface area contributed by atoms with Crippen molar-refractivity contribution in [2.24, 2.45) is 0 Å². The molecule has 0 saturated carbocycles. The van der Waals surface area contributed by atoms with Crippen LogP contribution < -0.4 is 16.0 Å². The van der Waals surface area contributed by atoms with Crippen molar-refractivity contribution in [3.63, 3.8) is 0 Å². The van der Waals surface area contributed by atoms with Gasteiger partial charge in [-0.05, 0) is 12.8 Å². The molecule has 0 unspecified atom stereocenters. The van der Waals surface area contributed by atoms with Crippen LogP contribution in [-0.2, 0) is 9.53 Å². The summed E-state index contributed by atoms with van der Waals surface area (Å²) in [5.74, 6) is -0.0911. The van der Waals surface area contributed by atoms with Crippen LogP contribution in [0.2, 0.25) is 0 Å². The molecule has 0 aliphatic carbocycles. The zero-order chi connectivity index (χ0) is 11.8. The second-order valence-electron chi connectivity index (χ2n) is 3.77. The molecule has 0 aromatic heterocycles. The molecule has 1 aliphatic heterocycles. The molecule has 6 nitrogen and oxygen atoms in total. The molecular formula is C10H19N3O3. The maximum atomic E-state index is 11.4. The predicted octanol–water partition coefficient (Wildman–Crippen LogP) is -0.399. The van der Waals surface area contributed by atoms with Gasteiger partial charge in [-0.15, -0.1) is 0 Å². The first kappa shape index (κ1) is 12.8. The van der Waals surface area contributed by atoms with Crippen LogP contribution in [0.25, 0.3) is 0 Å². The lowest BCUT2D eigenvalue weighted by Crippen LogP contribution is -2.46. The van der Waals surface area contributed by atoms with Crippen LogP contribution in [0.15, 0.2) is 0 Å². The van der Waals surface area contributed by atoms with E-state index in [0.717, 1.165) is 12.8 Å². The Hall–Kier alpha value is -1.30. The highest BCUT2D eigenvalue weighted by atomic mass is 16.5. The normalized spacial score (nSPS) is 16.6. The number of rotatable bonds is 4. The quantitative estimate of drug-likeness (QED) is 0.574. The van der Waals surface area contributed by atoms with E-state index in [4.69, 9.17) is 4.74 Å². The summed E-state index contributed by atoms with van der Waals surface area (Å²) in [6.07, 6.45) is 1.72. The number of hydrogen-bond acceptors (Lipinski definition) is 3. The van der Waals surface area contributed by atoms with Crippen LogP contribution in [0.3, 0.4) is 0 Å². The summed E-state index contributed by atoms with van der Waals surface area (Å²) in [6.45, 7) is 3.75. The van der Waals surface area contributed by atoms with Gasteiger partial charge in [0.25, 0.3) is 0 Å². The van der Waals surface area contributed by atoms with Gasteiger partial charge in [0.05, 0.1) is 0 Å². The number of ether oxygens (including phenoxy) is 1. The van der Waals surface area contributed by atoms with Gasteiger partial charge in [-0.2, -0.15) is 0 Å². The third-order valence-electron chi connectivity index (χ3n) is 2.34. The SMILES string of the molecule is CC(=O)NCCNC(=O)NC1CCOCC1. The molecule has 3 N–H and O–H groups in total. The second-order valence-corrected chi connectivity index (χ2v) is 3.77. The first-order valence-corrected chi connectivity index (χ1v) is 5.55. The zero-order valence-corrected chi connectivity index (χ0v) is 9.54. The van der Waals surface area contributed by atoms with Gasteiger partial charge in [-0.25, -0.2) is 4.79 Å². The average Bonchev–Trinajstić information content (AvgIpc) is 2.25. The van der Waals surface area contributed by atoms with E-state index in [2.05, 4.69) is 16.0 Å². The van der Waals surface area contributed by atoms with E-state index < -0.39 is 0 Å². The van der Waals surface area contributed by atoms with Crippen LogP contribution >= 0.6 is 0 Å². The fourth-order valence-electron chi connectivity index (χ4n) is 1.49. The summed E-state index contributed by atoms with van der Waals surface area (Å²) < 4.78 is 5.19. The molecule has 92 valence electrons. The number of carbonyl (C=O) groups is 2. The molecular weight excluding hydrogens is 210 g/mol. The van der Waals surface area contributed by atoms with Gasteiger partial charge in [0, 0.05) is 39.3 Å². The maximum absolute atomic E-state index is 11.4. The first-order valence-electron chi connectivity index (χ1n) is 5.55. The van der Waals surface area contributed by atoms with E-state index in [-0.39, 0.29) is 18.0 Å². The van der Waals surface area contributed by atoms with E-state index in [1.54, 1.807) is 0 Å². The summed E-state index contributed by atoms with van der Waals surface area (Å²) in [5.41, 5.74) is 0. The zero-order valence-electron chi connectivity index (χ0n) is 9.54. The summed E-state index contributed by atoms with van der Waals surface area (Å²) in [7, 11) is 0. The standard InChI is InChI=1S/C10H19N3O3/c1-8(14)11-4-5-12-10(15)13-9-2-6-16-7-3-9/h9H,2-7H2,1H3,(H,11,14)(H2,12,13,15). The van der Waals surface area contributed by atoms with Crippen LogP contribution in [0.1, 0.15) is 19.8 Å². The molecule has 1 heterocycles. The van der Waals surface area contributed by atoms with E-state index >= 15 is 0 Å². The molecule has 3 amide bonds. The molecule has 1 saturated heterocycles. The van der Waals surface area contributed by atoms with Crippen LogP contribution in [0, 0.1) is 0 Å². The Morgan fingerprint density at radius 3 is 2.44 bits per heavy atom. The third kappa shape index (κ3) is 5.55. The largest absolute Gasteiger partial charge is 0.381 e. The van der Waals surface area contributed by atoms with Crippen molar-refractivity contribution in [2.75, 3.05) is 26.3 Å². The minimum atomic E-state index is -0.183. The highest BCUT2D eigenvalue weighted by molar-refractivity contribution is 5.74. The molecule has 1 aliphatic rings. The van der Waals surface area contributed by atoms with Crippen LogP contribution in [0.5, 0.6) is 0 Å². The molecule has 1 fully saturated rings. The lowest BCUT2D eigenvalue weighted by Gasteiger charge is -2.23. The van der Waals surface area contributed by atoms with Gasteiger partial charge in [0.15, 0.2) is 0 Å². The second kappa shape index (κ2) is 7.05. The maximum Gasteiger partial charge on any atom is 0.315 e. The van der Waals surface area contributed by atoms with Gasteiger partial charge < -0.3 is 20.7 Å². The van der Waals surface area contributed by atoms with E-state index in [9.17, 15) is 9.59 Å². The summed E-state index contributed by atoms with van der Waals surface area (Å²) in [6, 6.07) is 0.0202. The molecule has 0 atom stereocenters. The minimum Gasteiger partial charge on any atom is -0.381 e. The number of nitrogens with one attached hydrogen (secondary N) is 3. The smallest absolute Gasteiger partial charge is 0.315 e. The molecule has 0 spiro atoms. The molecule has 0 aromatic carbocycles. The van der Waals surface area contributed by atoms with Gasteiger partial charge >= 0.3 is 6.03 Å². The number of amides is 3. The summed E-state index contributed by atoms with van der Waals surface area (Å²) in [5, 5.41) is 8.15. The fraction of sp³-hybridized carbons (Fsp3) is 0.800. The van der Waals surface area contributed by atoms with E-state index in [0.29, 0.717) is 26.3 Å². The Bertz CT molecular complexity index is 239. The average molecular weight is 229 g/mol. The Kier molecular flexibility index (Phi) is 5.63. The van der Waals surface area contributed by atoms with Crippen molar-refractivity contribution < 1.29 is 14.3 Å². The Labute approximate surface area is 95.1 Å². The Morgan fingerprint density at radius 1 is 1.19 bits per heavy atom. The predicted molar refractivity (Wildman–Crippen MR) is 59.1 cm³/mol. The van der Waals surface area contributed by atoms with Crippen molar-refractivity contribution in [1.82, 2.24) is 16.0 Å². The summed E-state index contributed by atoms with van der Waals surface area (Å²) in [4.78, 5) is 21.9. The Balaban J connectivity index is 2.03. The van der Waals surface area contributed by atoms with Gasteiger partial charge in [-0.1, -0.05) is 0 Å². The van der Waals surface area contributed by atoms with Crippen LogP contribution in [-0.4, -0.2) is 44.3 Å². The third-order valence-corrected chi connectivity index (χ3v) is 2.34. The molecule has 0 radical (unpaired) electrons. The van der Waals surface area contributed by atoms with Crippen LogP contribution in [0.4, 0.5) is 4.79 Å². The lowest BCUT2D eigenvalue weighted by molar-refractivity contribution is -0.118. The number of carbonyl (C=O) groups excluding carboxylic acids is 2. The van der Waals surface area contributed by atoms with E-state index in [1.807, 2.05) is 0 Å². The minimum absolute atomic E-state index is 0.0911. The number of urea groups is 1. The van der Waals surface area contributed by atoms with Gasteiger partial charge in [-0.3, -0.25) is 4.79 Å². The molecule has 0 bridgehead atoms. The molecule has 0 aromatic rings.